The molecular weight excluding hydrogens is 334 g/mol. The van der Waals surface area contributed by atoms with Gasteiger partial charge in [0.2, 0.25) is 0 Å². The Labute approximate surface area is 141 Å². The quantitative estimate of drug-likeness (QED) is 0.367. The fraction of sp³-hybridized carbons (Fsp3) is 0.375. The maximum atomic E-state index is 12.2. The van der Waals surface area contributed by atoms with Crippen molar-refractivity contribution in [1.82, 2.24) is 4.58 Å². The summed E-state index contributed by atoms with van der Waals surface area (Å²) in [4.78, 5) is 12.2. The van der Waals surface area contributed by atoms with Crippen LogP contribution in [0.25, 0.3) is 0 Å². The van der Waals surface area contributed by atoms with Crippen LogP contribution < -0.4 is 9.25 Å². The second-order valence-corrected chi connectivity index (χ2v) is 8.61. The number of Topliss-reactive ketones (excluding diaryl/α,β-unsaturated/α-hetero) is 1. The molecule has 1 aromatic heterocycles. The van der Waals surface area contributed by atoms with Gasteiger partial charge in [-0.3, -0.25) is 4.79 Å². The fourth-order valence-electron chi connectivity index (χ4n) is 2.19. The zero-order valence-electron chi connectivity index (χ0n) is 12.4. The summed E-state index contributed by atoms with van der Waals surface area (Å²) in [5.41, 5.74) is 1.98. The van der Waals surface area contributed by atoms with Crippen molar-refractivity contribution in [3.63, 3.8) is 0 Å². The molecule has 0 N–H and O–H groups in total. The Balaban J connectivity index is 1.63. The summed E-state index contributed by atoms with van der Waals surface area (Å²) in [6.07, 6.45) is 0. The standard InChI is InChI=1S/C16H18NO2S3/c1-12-2-4-13(5-3-12)14(18)11-20-16-10-15(21-22-16)17-6-8-19-9-7-17/h2-5,10H,6-9,11H2,1H3/q+1. The number of thioether (sulfide) groups is 1. The van der Waals surface area contributed by atoms with Crippen LogP contribution in [-0.4, -0.2) is 37.8 Å². The summed E-state index contributed by atoms with van der Waals surface area (Å²) in [6.45, 7) is 5.55. The van der Waals surface area contributed by atoms with Gasteiger partial charge >= 0.3 is 0 Å². The summed E-state index contributed by atoms with van der Waals surface area (Å²) in [5, 5.41) is 0. The van der Waals surface area contributed by atoms with Gasteiger partial charge in [-0.2, -0.15) is 0 Å². The average molecular weight is 353 g/mol. The van der Waals surface area contributed by atoms with Gasteiger partial charge < -0.3 is 4.74 Å². The first-order valence-corrected chi connectivity index (χ1v) is 10.3. The molecule has 1 fully saturated rings. The first kappa shape index (κ1) is 15.9. The molecule has 0 amide bonds. The molecular formula is C16H18NO2S3+. The first-order valence-electron chi connectivity index (χ1n) is 7.21. The van der Waals surface area contributed by atoms with E-state index in [0.29, 0.717) is 5.75 Å². The van der Waals surface area contributed by atoms with Gasteiger partial charge in [0.05, 0.1) is 9.96 Å². The van der Waals surface area contributed by atoms with Gasteiger partial charge in [-0.1, -0.05) is 40.2 Å². The van der Waals surface area contributed by atoms with Crippen molar-refractivity contribution in [2.45, 2.75) is 11.1 Å². The molecule has 6 heteroatoms. The summed E-state index contributed by atoms with van der Waals surface area (Å²) >= 11 is 1.63. The number of carbonyl (C=O) groups is 1. The second kappa shape index (κ2) is 7.55. The number of nitrogens with zero attached hydrogens (tertiary/aromatic N) is 1. The number of ketones is 1. The zero-order valence-corrected chi connectivity index (χ0v) is 14.9. The highest BCUT2D eigenvalue weighted by atomic mass is 32.9. The Morgan fingerprint density at radius 2 is 1.95 bits per heavy atom. The predicted octanol–water partition coefficient (Wildman–Crippen LogP) is 2.90. The van der Waals surface area contributed by atoms with Gasteiger partial charge in [0.25, 0.3) is 4.67 Å². The maximum Gasteiger partial charge on any atom is 0.268 e. The number of rotatable bonds is 4. The Bertz CT molecular complexity index is 707. The molecule has 3 rings (SSSR count). The van der Waals surface area contributed by atoms with Gasteiger partial charge in [-0.25, -0.2) is 4.58 Å². The Morgan fingerprint density at radius 3 is 2.68 bits per heavy atom. The van der Waals surface area contributed by atoms with Crippen LogP contribution in [0.1, 0.15) is 15.9 Å². The summed E-state index contributed by atoms with van der Waals surface area (Å²) in [5.74, 6) is 0.690. The van der Waals surface area contributed by atoms with E-state index >= 15 is 0 Å². The Hall–Kier alpha value is -0.950. The molecule has 0 radical (unpaired) electrons. The molecule has 0 atom stereocenters. The smallest absolute Gasteiger partial charge is 0.268 e. The van der Waals surface area contributed by atoms with E-state index in [4.69, 9.17) is 4.74 Å². The van der Waals surface area contributed by atoms with Crippen molar-refractivity contribution in [3.8, 4) is 0 Å². The SMILES string of the molecule is Cc1ccc(C(=O)CSc2cc(=[N+]3CCOCC3)ss2)cc1. The molecule has 1 aliphatic rings. The van der Waals surface area contributed by atoms with E-state index in [1.165, 1.54) is 14.4 Å². The number of carbonyl (C=O) groups excluding carboxylic acids is 1. The van der Waals surface area contributed by atoms with E-state index in [2.05, 4.69) is 10.6 Å². The molecule has 2 aromatic rings. The molecule has 116 valence electrons. The van der Waals surface area contributed by atoms with E-state index in [1.807, 2.05) is 31.2 Å². The van der Waals surface area contributed by atoms with Gasteiger partial charge in [-0.15, -0.1) is 11.8 Å². The number of aryl methyl sites for hydroxylation is 1. The van der Waals surface area contributed by atoms with Gasteiger partial charge in [0.1, 0.15) is 13.2 Å². The molecule has 0 bridgehead atoms. The van der Waals surface area contributed by atoms with Crippen molar-refractivity contribution in [3.05, 3.63) is 46.1 Å². The first-order chi connectivity index (χ1) is 10.7. The summed E-state index contributed by atoms with van der Waals surface area (Å²) in [7, 11) is 3.54. The number of morpholine rings is 1. The minimum atomic E-state index is 0.191. The molecule has 1 aliphatic heterocycles. The number of hydrogen-bond acceptors (Lipinski definition) is 5. The molecule has 3 nitrogen and oxygen atoms in total. The van der Waals surface area contributed by atoms with Crippen LogP contribution in [0.2, 0.25) is 0 Å². The minimum Gasteiger partial charge on any atom is -0.368 e. The highest BCUT2D eigenvalue weighted by molar-refractivity contribution is 8.03. The van der Waals surface area contributed by atoms with Gasteiger partial charge in [-0.05, 0) is 17.3 Å². The molecule has 0 unspecified atom stereocenters. The van der Waals surface area contributed by atoms with E-state index in [9.17, 15) is 4.79 Å². The molecule has 0 saturated carbocycles. The summed E-state index contributed by atoms with van der Waals surface area (Å²) in [6, 6.07) is 10.00. The van der Waals surface area contributed by atoms with Gasteiger partial charge in [0.15, 0.2) is 18.9 Å². The third kappa shape index (κ3) is 4.07. The highest BCUT2D eigenvalue weighted by Crippen LogP contribution is 2.25. The largest absolute Gasteiger partial charge is 0.368 e. The molecule has 22 heavy (non-hydrogen) atoms. The number of ether oxygens (including phenoxy) is 1. The van der Waals surface area contributed by atoms with Crippen LogP contribution in [0.4, 0.5) is 0 Å². The minimum absolute atomic E-state index is 0.191. The number of benzene rings is 1. The molecule has 0 spiro atoms. The zero-order chi connectivity index (χ0) is 15.4. The van der Waals surface area contributed by atoms with E-state index in [1.54, 1.807) is 32.4 Å². The van der Waals surface area contributed by atoms with Crippen LogP contribution in [0, 0.1) is 6.92 Å². The van der Waals surface area contributed by atoms with Crippen LogP contribution in [0.15, 0.2) is 34.5 Å². The third-order valence-corrected chi connectivity index (χ3v) is 7.43. The molecule has 1 saturated heterocycles. The maximum absolute atomic E-state index is 12.2. The average Bonchev–Trinajstić information content (AvgIpc) is 3.03. The van der Waals surface area contributed by atoms with E-state index < -0.39 is 0 Å². The van der Waals surface area contributed by atoms with Crippen LogP contribution in [-0.2, 0) is 4.74 Å². The van der Waals surface area contributed by atoms with Crippen molar-refractivity contribution < 1.29 is 9.53 Å². The topological polar surface area (TPSA) is 29.3 Å². The van der Waals surface area contributed by atoms with Crippen molar-refractivity contribution >= 4 is 38.2 Å². The fourth-order valence-corrected chi connectivity index (χ4v) is 5.97. The Kier molecular flexibility index (Phi) is 5.46. The highest BCUT2D eigenvalue weighted by Gasteiger charge is 2.14. The van der Waals surface area contributed by atoms with Crippen molar-refractivity contribution in [1.29, 1.82) is 0 Å². The van der Waals surface area contributed by atoms with Crippen molar-refractivity contribution in [2.24, 2.45) is 0 Å². The monoisotopic (exact) mass is 352 g/mol. The molecule has 1 aromatic carbocycles. The lowest BCUT2D eigenvalue weighted by Gasteiger charge is -2.09. The Morgan fingerprint density at radius 1 is 1.23 bits per heavy atom. The lowest BCUT2D eigenvalue weighted by molar-refractivity contribution is 0.0971. The second-order valence-electron chi connectivity index (χ2n) is 5.15. The number of hydrogen-bond donors (Lipinski definition) is 0. The lowest BCUT2D eigenvalue weighted by Crippen LogP contribution is -2.38. The summed E-state index contributed by atoms with van der Waals surface area (Å²) < 4.78 is 10.2. The third-order valence-electron chi connectivity index (χ3n) is 3.49. The van der Waals surface area contributed by atoms with Crippen molar-refractivity contribution in [2.75, 3.05) is 32.1 Å². The van der Waals surface area contributed by atoms with E-state index in [0.717, 1.165) is 31.9 Å². The van der Waals surface area contributed by atoms with Crippen LogP contribution >= 0.6 is 32.4 Å². The predicted molar refractivity (Wildman–Crippen MR) is 94.3 cm³/mol. The van der Waals surface area contributed by atoms with Gasteiger partial charge in [0, 0.05) is 11.6 Å². The normalized spacial score (nSPS) is 15.0. The molecule has 0 aliphatic carbocycles. The lowest BCUT2D eigenvalue weighted by atomic mass is 10.1. The van der Waals surface area contributed by atoms with E-state index in [-0.39, 0.29) is 5.78 Å². The molecule has 2 heterocycles. The van der Waals surface area contributed by atoms with Crippen LogP contribution in [0.3, 0.4) is 0 Å². The van der Waals surface area contributed by atoms with Crippen LogP contribution in [0.5, 0.6) is 0 Å².